The van der Waals surface area contributed by atoms with Crippen molar-refractivity contribution in [1.82, 2.24) is 0 Å². The standard InChI is InChI=1S/C5H9FO/c1-4-2-3-7-5(4)6/h4-5H,2-3H2,1H3. The lowest BCUT2D eigenvalue weighted by molar-refractivity contribution is -0.0106. The first kappa shape index (κ1) is 5.04. The minimum atomic E-state index is -0.986. The van der Waals surface area contributed by atoms with E-state index in [1.54, 1.807) is 0 Å². The van der Waals surface area contributed by atoms with Gasteiger partial charge in [-0.15, -0.1) is 0 Å². The van der Waals surface area contributed by atoms with E-state index in [9.17, 15) is 4.39 Å². The fraction of sp³-hybridized carbons (Fsp3) is 1.00. The SMILES string of the molecule is CC1CCOC1F. The van der Waals surface area contributed by atoms with E-state index >= 15 is 0 Å². The quantitative estimate of drug-likeness (QED) is 0.450. The van der Waals surface area contributed by atoms with Crippen molar-refractivity contribution in [2.24, 2.45) is 5.92 Å². The number of halogens is 1. The van der Waals surface area contributed by atoms with Crippen LogP contribution in [0.5, 0.6) is 0 Å². The van der Waals surface area contributed by atoms with Gasteiger partial charge in [-0.2, -0.15) is 0 Å². The Morgan fingerprint density at radius 3 is 2.57 bits per heavy atom. The van der Waals surface area contributed by atoms with Crippen molar-refractivity contribution in [1.29, 1.82) is 0 Å². The molecule has 1 aliphatic heterocycles. The third-order valence-electron chi connectivity index (χ3n) is 1.30. The van der Waals surface area contributed by atoms with Crippen LogP contribution >= 0.6 is 0 Å². The molecule has 0 amide bonds. The van der Waals surface area contributed by atoms with E-state index in [-0.39, 0.29) is 5.92 Å². The summed E-state index contributed by atoms with van der Waals surface area (Å²) in [6, 6.07) is 0. The van der Waals surface area contributed by atoms with Crippen LogP contribution in [-0.2, 0) is 4.74 Å². The highest BCUT2D eigenvalue weighted by Crippen LogP contribution is 2.19. The molecule has 0 N–H and O–H groups in total. The molecule has 2 unspecified atom stereocenters. The van der Waals surface area contributed by atoms with Gasteiger partial charge in [-0.05, 0) is 6.42 Å². The van der Waals surface area contributed by atoms with Crippen LogP contribution in [-0.4, -0.2) is 13.0 Å². The highest BCUT2D eigenvalue weighted by molar-refractivity contribution is 4.61. The van der Waals surface area contributed by atoms with Crippen molar-refractivity contribution in [2.75, 3.05) is 6.61 Å². The zero-order valence-electron chi connectivity index (χ0n) is 4.36. The second-order valence-electron chi connectivity index (χ2n) is 1.99. The normalized spacial score (nSPS) is 42.0. The molecule has 0 aliphatic carbocycles. The Morgan fingerprint density at radius 1 is 1.71 bits per heavy atom. The lowest BCUT2D eigenvalue weighted by Gasteiger charge is -1.99. The van der Waals surface area contributed by atoms with E-state index in [4.69, 9.17) is 0 Å². The zero-order valence-corrected chi connectivity index (χ0v) is 4.36. The maximum absolute atomic E-state index is 12.1. The molecule has 42 valence electrons. The fourth-order valence-corrected chi connectivity index (χ4v) is 0.662. The molecule has 1 aliphatic rings. The summed E-state index contributed by atoms with van der Waals surface area (Å²) in [5.41, 5.74) is 0. The smallest absolute Gasteiger partial charge is 0.201 e. The first-order valence-electron chi connectivity index (χ1n) is 2.56. The molecule has 2 atom stereocenters. The number of hydrogen-bond donors (Lipinski definition) is 0. The van der Waals surface area contributed by atoms with Gasteiger partial charge in [0.1, 0.15) is 0 Å². The molecule has 1 saturated heterocycles. The van der Waals surface area contributed by atoms with E-state index in [2.05, 4.69) is 4.74 Å². The monoisotopic (exact) mass is 104 g/mol. The predicted molar refractivity (Wildman–Crippen MR) is 24.6 cm³/mol. The van der Waals surface area contributed by atoms with Gasteiger partial charge in [-0.1, -0.05) is 6.92 Å². The van der Waals surface area contributed by atoms with Crippen LogP contribution in [0, 0.1) is 5.92 Å². The minimum absolute atomic E-state index is 0.125. The second kappa shape index (κ2) is 1.78. The molecule has 1 heterocycles. The number of rotatable bonds is 0. The molecule has 1 nitrogen and oxygen atoms in total. The Hall–Kier alpha value is -0.110. The van der Waals surface area contributed by atoms with E-state index in [1.807, 2.05) is 6.92 Å². The van der Waals surface area contributed by atoms with Crippen molar-refractivity contribution >= 4 is 0 Å². The van der Waals surface area contributed by atoms with E-state index in [1.165, 1.54) is 0 Å². The molecule has 2 heteroatoms. The molecular weight excluding hydrogens is 95.1 g/mol. The molecule has 7 heavy (non-hydrogen) atoms. The topological polar surface area (TPSA) is 9.23 Å². The van der Waals surface area contributed by atoms with Gasteiger partial charge in [-0.25, -0.2) is 4.39 Å². The zero-order chi connectivity index (χ0) is 5.28. The average molecular weight is 104 g/mol. The first-order chi connectivity index (χ1) is 3.30. The lowest BCUT2D eigenvalue weighted by atomic mass is 10.1. The molecule has 0 saturated carbocycles. The van der Waals surface area contributed by atoms with Crippen molar-refractivity contribution in [3.8, 4) is 0 Å². The van der Waals surface area contributed by atoms with Crippen LogP contribution in [0.3, 0.4) is 0 Å². The molecule has 0 aromatic carbocycles. The maximum Gasteiger partial charge on any atom is 0.201 e. The van der Waals surface area contributed by atoms with Crippen molar-refractivity contribution in [2.45, 2.75) is 19.7 Å². The third kappa shape index (κ3) is 0.911. The molecule has 1 rings (SSSR count). The van der Waals surface area contributed by atoms with Crippen LogP contribution in [0.2, 0.25) is 0 Å². The van der Waals surface area contributed by atoms with Crippen molar-refractivity contribution in [3.05, 3.63) is 0 Å². The number of hydrogen-bond acceptors (Lipinski definition) is 1. The fourth-order valence-electron chi connectivity index (χ4n) is 0.662. The molecule has 0 aromatic heterocycles. The van der Waals surface area contributed by atoms with Gasteiger partial charge in [0.05, 0.1) is 6.61 Å². The summed E-state index contributed by atoms with van der Waals surface area (Å²) in [5.74, 6) is 0.125. The predicted octanol–water partition coefficient (Wildman–Crippen LogP) is 1.34. The highest BCUT2D eigenvalue weighted by atomic mass is 19.1. The Balaban J connectivity index is 2.33. The molecule has 0 radical (unpaired) electrons. The molecular formula is C5H9FO. The van der Waals surface area contributed by atoms with Gasteiger partial charge in [0.15, 0.2) is 0 Å². The van der Waals surface area contributed by atoms with Gasteiger partial charge in [0, 0.05) is 5.92 Å². The summed E-state index contributed by atoms with van der Waals surface area (Å²) in [5, 5.41) is 0. The van der Waals surface area contributed by atoms with Gasteiger partial charge in [0.2, 0.25) is 6.36 Å². The van der Waals surface area contributed by atoms with Crippen LogP contribution in [0.1, 0.15) is 13.3 Å². The summed E-state index contributed by atoms with van der Waals surface area (Å²) in [7, 11) is 0. The summed E-state index contributed by atoms with van der Waals surface area (Å²) in [6.07, 6.45) is -0.110. The minimum Gasteiger partial charge on any atom is -0.348 e. The molecule has 1 fully saturated rings. The van der Waals surface area contributed by atoms with Crippen LogP contribution < -0.4 is 0 Å². The Bertz CT molecular complexity index is 57.1. The summed E-state index contributed by atoms with van der Waals surface area (Å²) in [4.78, 5) is 0. The van der Waals surface area contributed by atoms with Gasteiger partial charge < -0.3 is 4.74 Å². The average Bonchev–Trinajstić information content (AvgIpc) is 1.91. The van der Waals surface area contributed by atoms with Crippen molar-refractivity contribution < 1.29 is 9.13 Å². The number of ether oxygens (including phenoxy) is 1. The Morgan fingerprint density at radius 2 is 2.43 bits per heavy atom. The van der Waals surface area contributed by atoms with Crippen molar-refractivity contribution in [3.63, 3.8) is 0 Å². The molecule has 0 spiro atoms. The summed E-state index contributed by atoms with van der Waals surface area (Å²) < 4.78 is 16.7. The largest absolute Gasteiger partial charge is 0.348 e. The summed E-state index contributed by atoms with van der Waals surface area (Å²) >= 11 is 0. The van der Waals surface area contributed by atoms with Gasteiger partial charge >= 0.3 is 0 Å². The van der Waals surface area contributed by atoms with Crippen LogP contribution in [0.25, 0.3) is 0 Å². The lowest BCUT2D eigenvalue weighted by Crippen LogP contribution is -2.03. The van der Waals surface area contributed by atoms with E-state index in [0.29, 0.717) is 6.61 Å². The number of alkyl halides is 1. The van der Waals surface area contributed by atoms with E-state index < -0.39 is 6.36 Å². The van der Waals surface area contributed by atoms with Gasteiger partial charge in [0.25, 0.3) is 0 Å². The molecule has 0 bridgehead atoms. The second-order valence-corrected chi connectivity index (χ2v) is 1.99. The van der Waals surface area contributed by atoms with Gasteiger partial charge in [-0.3, -0.25) is 0 Å². The Kier molecular flexibility index (Phi) is 1.28. The van der Waals surface area contributed by atoms with Crippen LogP contribution in [0.15, 0.2) is 0 Å². The Labute approximate surface area is 42.5 Å². The first-order valence-corrected chi connectivity index (χ1v) is 2.56. The van der Waals surface area contributed by atoms with E-state index in [0.717, 1.165) is 6.42 Å². The summed E-state index contributed by atoms with van der Waals surface area (Å²) in [6.45, 7) is 2.46. The van der Waals surface area contributed by atoms with Crippen LogP contribution in [0.4, 0.5) is 4.39 Å². The molecule has 0 aromatic rings. The maximum atomic E-state index is 12.1. The highest BCUT2D eigenvalue weighted by Gasteiger charge is 2.22. The third-order valence-corrected chi connectivity index (χ3v) is 1.30.